The molecule has 1 aliphatic rings. The van der Waals surface area contributed by atoms with Crippen LogP contribution in [0.15, 0.2) is 24.3 Å². The van der Waals surface area contributed by atoms with E-state index < -0.39 is 5.82 Å². The molecule has 0 bridgehead atoms. The highest BCUT2D eigenvalue weighted by molar-refractivity contribution is 5.94. The van der Waals surface area contributed by atoms with E-state index in [-0.39, 0.29) is 17.5 Å². The maximum atomic E-state index is 13.3. The first-order chi connectivity index (χ1) is 12.3. The molecule has 0 spiro atoms. The number of carbonyl (C=O) groups is 1. The van der Waals surface area contributed by atoms with Crippen LogP contribution in [0.3, 0.4) is 0 Å². The summed E-state index contributed by atoms with van der Waals surface area (Å²) in [5.74, 6) is 0.276. The molecule has 1 aromatic carbocycles. The first-order valence-corrected chi connectivity index (χ1v) is 9.00. The number of amides is 1. The predicted molar refractivity (Wildman–Crippen MR) is 94.1 cm³/mol. The molecule has 1 saturated heterocycles. The standard InChI is InChI=1S/C18H25FN6O/c1-18(2,3)25-16(21-22-23-25)12-24-9-7-15(8-10-24)20-17(26)13-5-4-6-14(19)11-13/h4-6,11,15H,7-10,12H2,1-3H3,(H,20,26)/p+1. The van der Waals surface area contributed by atoms with E-state index in [9.17, 15) is 9.18 Å². The molecule has 2 aromatic rings. The van der Waals surface area contributed by atoms with Gasteiger partial charge < -0.3 is 10.2 Å². The fraction of sp³-hybridized carbons (Fsp3) is 0.556. The van der Waals surface area contributed by atoms with E-state index in [2.05, 4.69) is 41.6 Å². The molecule has 7 nitrogen and oxygen atoms in total. The van der Waals surface area contributed by atoms with Crippen molar-refractivity contribution < 1.29 is 14.1 Å². The van der Waals surface area contributed by atoms with E-state index in [1.807, 2.05) is 4.68 Å². The lowest BCUT2D eigenvalue weighted by molar-refractivity contribution is -0.919. The van der Waals surface area contributed by atoms with E-state index in [0.717, 1.165) is 38.3 Å². The zero-order valence-corrected chi connectivity index (χ0v) is 15.5. The Hall–Kier alpha value is -2.35. The third-order valence-electron chi connectivity index (χ3n) is 4.69. The van der Waals surface area contributed by atoms with Gasteiger partial charge in [-0.15, -0.1) is 5.10 Å². The average Bonchev–Trinajstić information content (AvgIpc) is 3.05. The fourth-order valence-electron chi connectivity index (χ4n) is 3.31. The van der Waals surface area contributed by atoms with Crippen LogP contribution >= 0.6 is 0 Å². The van der Waals surface area contributed by atoms with Gasteiger partial charge in [-0.2, -0.15) is 0 Å². The van der Waals surface area contributed by atoms with E-state index in [1.54, 1.807) is 12.1 Å². The molecule has 0 saturated carbocycles. The van der Waals surface area contributed by atoms with Gasteiger partial charge in [0.05, 0.1) is 18.6 Å². The van der Waals surface area contributed by atoms with Gasteiger partial charge in [0, 0.05) is 24.4 Å². The third kappa shape index (κ3) is 4.43. The largest absolute Gasteiger partial charge is 0.349 e. The second-order valence-corrected chi connectivity index (χ2v) is 7.86. The summed E-state index contributed by atoms with van der Waals surface area (Å²) >= 11 is 0. The van der Waals surface area contributed by atoms with Crippen LogP contribution in [-0.2, 0) is 12.1 Å². The summed E-state index contributed by atoms with van der Waals surface area (Å²) in [7, 11) is 0. The van der Waals surface area contributed by atoms with E-state index in [1.165, 1.54) is 17.0 Å². The zero-order valence-electron chi connectivity index (χ0n) is 15.5. The molecule has 2 N–H and O–H groups in total. The molecule has 8 heteroatoms. The molecule has 1 aromatic heterocycles. The first-order valence-electron chi connectivity index (χ1n) is 9.00. The van der Waals surface area contributed by atoms with Crippen molar-refractivity contribution >= 4 is 5.91 Å². The van der Waals surface area contributed by atoms with Crippen molar-refractivity contribution in [2.45, 2.75) is 51.7 Å². The van der Waals surface area contributed by atoms with Gasteiger partial charge in [-0.05, 0) is 49.4 Å². The predicted octanol–water partition coefficient (Wildman–Crippen LogP) is 0.545. The van der Waals surface area contributed by atoms with Crippen LogP contribution in [-0.4, -0.2) is 45.2 Å². The van der Waals surface area contributed by atoms with E-state index in [4.69, 9.17) is 0 Å². The summed E-state index contributed by atoms with van der Waals surface area (Å²) in [6, 6.07) is 5.90. The van der Waals surface area contributed by atoms with Crippen LogP contribution in [0, 0.1) is 5.82 Å². The number of nitrogens with zero attached hydrogens (tertiary/aromatic N) is 4. The number of piperidine rings is 1. The molecule has 140 valence electrons. The SMILES string of the molecule is CC(C)(C)n1nnnc1C[NH+]1CCC(NC(=O)c2cccc(F)c2)CC1. The average molecular weight is 361 g/mol. The molecule has 1 aliphatic heterocycles. The van der Waals surface area contributed by atoms with E-state index in [0.29, 0.717) is 5.56 Å². The number of nitrogens with one attached hydrogen (secondary N) is 2. The lowest BCUT2D eigenvalue weighted by atomic mass is 10.0. The summed E-state index contributed by atoms with van der Waals surface area (Å²) in [6.45, 7) is 8.88. The van der Waals surface area contributed by atoms with Gasteiger partial charge in [0.1, 0.15) is 12.4 Å². The molecule has 3 rings (SSSR count). The minimum atomic E-state index is -0.395. The summed E-state index contributed by atoms with van der Waals surface area (Å²) in [5.41, 5.74) is 0.222. The monoisotopic (exact) mass is 361 g/mol. The molecule has 0 aliphatic carbocycles. The Bertz CT molecular complexity index is 761. The molecular formula is C18H26FN6O+. The third-order valence-corrected chi connectivity index (χ3v) is 4.69. The number of benzene rings is 1. The van der Waals surface area contributed by atoms with Crippen LogP contribution in [0.4, 0.5) is 4.39 Å². The highest BCUT2D eigenvalue weighted by Crippen LogP contribution is 2.13. The summed E-state index contributed by atoms with van der Waals surface area (Å²) in [4.78, 5) is 13.6. The molecule has 0 radical (unpaired) electrons. The maximum Gasteiger partial charge on any atom is 0.251 e. The topological polar surface area (TPSA) is 77.1 Å². The molecular weight excluding hydrogens is 335 g/mol. The van der Waals surface area contributed by atoms with Gasteiger partial charge in [-0.3, -0.25) is 4.79 Å². The van der Waals surface area contributed by atoms with Crippen molar-refractivity contribution in [2.24, 2.45) is 0 Å². The van der Waals surface area contributed by atoms with Gasteiger partial charge in [-0.25, -0.2) is 9.07 Å². The number of carbonyl (C=O) groups excluding carboxylic acids is 1. The summed E-state index contributed by atoms with van der Waals surface area (Å²) in [5, 5.41) is 15.1. The van der Waals surface area contributed by atoms with Crippen LogP contribution in [0.25, 0.3) is 0 Å². The molecule has 0 atom stereocenters. The Kier molecular flexibility index (Phi) is 5.31. The van der Waals surface area contributed by atoms with Crippen molar-refractivity contribution in [1.82, 2.24) is 25.5 Å². The molecule has 2 heterocycles. The Balaban J connectivity index is 1.52. The zero-order chi connectivity index (χ0) is 18.7. The maximum absolute atomic E-state index is 13.3. The lowest BCUT2D eigenvalue weighted by Gasteiger charge is -2.30. The fourth-order valence-corrected chi connectivity index (χ4v) is 3.31. The van der Waals surface area contributed by atoms with Gasteiger partial charge >= 0.3 is 0 Å². The number of rotatable bonds is 4. The second-order valence-electron chi connectivity index (χ2n) is 7.86. The van der Waals surface area contributed by atoms with Crippen LogP contribution in [0.2, 0.25) is 0 Å². The minimum Gasteiger partial charge on any atom is -0.349 e. The Morgan fingerprint density at radius 2 is 2.08 bits per heavy atom. The van der Waals surface area contributed by atoms with Gasteiger partial charge in [0.2, 0.25) is 5.82 Å². The quantitative estimate of drug-likeness (QED) is 0.834. The molecule has 1 amide bonds. The number of aromatic nitrogens is 4. The van der Waals surface area contributed by atoms with E-state index >= 15 is 0 Å². The van der Waals surface area contributed by atoms with Gasteiger partial charge in [-0.1, -0.05) is 6.07 Å². The van der Waals surface area contributed by atoms with Crippen molar-refractivity contribution in [3.63, 3.8) is 0 Å². The number of halogens is 1. The van der Waals surface area contributed by atoms with Crippen LogP contribution < -0.4 is 10.2 Å². The summed E-state index contributed by atoms with van der Waals surface area (Å²) in [6.07, 6.45) is 1.76. The van der Waals surface area contributed by atoms with Gasteiger partial charge in [0.15, 0.2) is 0 Å². The van der Waals surface area contributed by atoms with Crippen molar-refractivity contribution in [3.8, 4) is 0 Å². The molecule has 26 heavy (non-hydrogen) atoms. The Morgan fingerprint density at radius 3 is 2.73 bits per heavy atom. The second kappa shape index (κ2) is 7.49. The van der Waals surface area contributed by atoms with Crippen molar-refractivity contribution in [3.05, 3.63) is 41.5 Å². The number of hydrogen-bond donors (Lipinski definition) is 2. The van der Waals surface area contributed by atoms with Crippen LogP contribution in [0.1, 0.15) is 49.8 Å². The molecule has 0 unspecified atom stereocenters. The number of tetrazole rings is 1. The smallest absolute Gasteiger partial charge is 0.251 e. The van der Waals surface area contributed by atoms with Gasteiger partial charge in [0.25, 0.3) is 5.91 Å². The molecule has 1 fully saturated rings. The first kappa shape index (κ1) is 18.4. The highest BCUT2D eigenvalue weighted by Gasteiger charge is 2.27. The van der Waals surface area contributed by atoms with Crippen LogP contribution in [0.5, 0.6) is 0 Å². The van der Waals surface area contributed by atoms with Crippen molar-refractivity contribution in [2.75, 3.05) is 13.1 Å². The minimum absolute atomic E-state index is 0.119. The Labute approximate surface area is 152 Å². The number of likely N-dealkylation sites (tertiary alicyclic amines) is 1. The normalized spacial score (nSPS) is 20.8. The van der Waals surface area contributed by atoms with Crippen molar-refractivity contribution in [1.29, 1.82) is 0 Å². The Morgan fingerprint density at radius 1 is 1.35 bits per heavy atom. The summed E-state index contributed by atoms with van der Waals surface area (Å²) < 4.78 is 15.1. The number of hydrogen-bond acceptors (Lipinski definition) is 4. The lowest BCUT2D eigenvalue weighted by Crippen LogP contribution is -3.12. The highest BCUT2D eigenvalue weighted by atomic mass is 19.1. The number of quaternary nitrogens is 1.